The number of nitrogens with zero attached hydrogens (tertiary/aromatic N) is 4. The zero-order chi connectivity index (χ0) is 18.8. The summed E-state index contributed by atoms with van der Waals surface area (Å²) in [4.78, 5) is 30.0. The minimum absolute atomic E-state index is 0.156. The van der Waals surface area contributed by atoms with Crippen molar-refractivity contribution in [1.29, 1.82) is 0 Å². The molecule has 0 saturated heterocycles. The first-order valence-electron chi connectivity index (χ1n) is 9.46. The molecule has 7 nitrogen and oxygen atoms in total. The van der Waals surface area contributed by atoms with Gasteiger partial charge in [-0.15, -0.1) is 0 Å². The predicted octanol–water partition coefficient (Wildman–Crippen LogP) is 2.57. The lowest BCUT2D eigenvalue weighted by Gasteiger charge is -2.15. The molecule has 0 bridgehead atoms. The number of hydrogen-bond acceptors (Lipinski definition) is 4. The fourth-order valence-corrected chi connectivity index (χ4v) is 3.67. The van der Waals surface area contributed by atoms with Crippen molar-refractivity contribution in [3.63, 3.8) is 0 Å². The molecule has 4 rings (SSSR count). The van der Waals surface area contributed by atoms with E-state index in [1.165, 1.54) is 28.4 Å². The highest BCUT2D eigenvalue weighted by molar-refractivity contribution is 6.03. The number of para-hydroxylation sites is 1. The van der Waals surface area contributed by atoms with Crippen molar-refractivity contribution < 1.29 is 4.79 Å². The van der Waals surface area contributed by atoms with E-state index in [1.807, 2.05) is 30.3 Å². The monoisotopic (exact) mass is 365 g/mol. The fourth-order valence-electron chi connectivity index (χ4n) is 3.67. The van der Waals surface area contributed by atoms with E-state index in [2.05, 4.69) is 15.4 Å². The van der Waals surface area contributed by atoms with Gasteiger partial charge in [0.2, 0.25) is 0 Å². The molecule has 1 saturated carbocycles. The molecule has 2 aromatic heterocycles. The predicted molar refractivity (Wildman–Crippen MR) is 103 cm³/mol. The molecule has 1 aromatic carbocycles. The second-order valence-electron chi connectivity index (χ2n) is 7.12. The largest absolute Gasteiger partial charge is 0.348 e. The van der Waals surface area contributed by atoms with Crippen LogP contribution in [0.15, 0.2) is 41.5 Å². The number of amides is 1. The zero-order valence-corrected chi connectivity index (χ0v) is 15.4. The third kappa shape index (κ3) is 3.37. The lowest BCUT2D eigenvalue weighted by atomic mass is 10.1. The van der Waals surface area contributed by atoms with Gasteiger partial charge in [0.1, 0.15) is 5.52 Å². The molecule has 1 N–H and O–H groups in total. The SMILES string of the molecule is Cn1cnc2c(C(=O)NC3CCCCCC3)nn(-c3ccccc3)c2c1=O. The molecule has 1 fully saturated rings. The number of rotatable bonds is 3. The highest BCUT2D eigenvalue weighted by Gasteiger charge is 2.24. The molecular formula is C20H23N5O2. The third-order valence-electron chi connectivity index (χ3n) is 5.15. The van der Waals surface area contributed by atoms with Crippen LogP contribution in [0.3, 0.4) is 0 Å². The molecule has 7 heteroatoms. The van der Waals surface area contributed by atoms with E-state index in [0.717, 1.165) is 31.4 Å². The Morgan fingerprint density at radius 3 is 2.52 bits per heavy atom. The summed E-state index contributed by atoms with van der Waals surface area (Å²) in [5.74, 6) is -0.262. The van der Waals surface area contributed by atoms with E-state index in [9.17, 15) is 9.59 Å². The van der Waals surface area contributed by atoms with Gasteiger partial charge >= 0.3 is 0 Å². The summed E-state index contributed by atoms with van der Waals surface area (Å²) in [5, 5.41) is 7.58. The highest BCUT2D eigenvalue weighted by Crippen LogP contribution is 2.20. The Balaban J connectivity index is 1.78. The van der Waals surface area contributed by atoms with Crippen LogP contribution in [0.2, 0.25) is 0 Å². The smallest absolute Gasteiger partial charge is 0.279 e. The summed E-state index contributed by atoms with van der Waals surface area (Å²) in [6.07, 6.45) is 8.09. The van der Waals surface area contributed by atoms with Crippen LogP contribution in [0.25, 0.3) is 16.7 Å². The number of aromatic nitrogens is 4. The standard InChI is InChI=1S/C20H23N5O2/c1-24-13-21-16-17(19(26)22-14-9-5-2-3-6-10-14)23-25(18(16)20(24)27)15-11-7-4-8-12-15/h4,7-8,11-14H,2-3,5-6,9-10H2,1H3,(H,22,26). The molecule has 1 aliphatic carbocycles. The van der Waals surface area contributed by atoms with Gasteiger partial charge in [0.15, 0.2) is 11.2 Å². The second kappa shape index (κ2) is 7.34. The van der Waals surface area contributed by atoms with Gasteiger partial charge in [-0.2, -0.15) is 5.10 Å². The molecule has 0 unspecified atom stereocenters. The quantitative estimate of drug-likeness (QED) is 0.723. The van der Waals surface area contributed by atoms with Crippen LogP contribution in [0, 0.1) is 0 Å². The molecule has 0 spiro atoms. The lowest BCUT2D eigenvalue weighted by Crippen LogP contribution is -2.34. The van der Waals surface area contributed by atoms with Crippen molar-refractivity contribution in [2.45, 2.75) is 44.6 Å². The molecule has 0 atom stereocenters. The number of hydrogen-bond donors (Lipinski definition) is 1. The lowest BCUT2D eigenvalue weighted by molar-refractivity contribution is 0.0929. The molecule has 1 aliphatic rings. The van der Waals surface area contributed by atoms with E-state index in [4.69, 9.17) is 0 Å². The third-order valence-corrected chi connectivity index (χ3v) is 5.15. The number of nitrogens with one attached hydrogen (secondary N) is 1. The average Bonchev–Trinajstić information content (AvgIpc) is 2.89. The Morgan fingerprint density at radius 1 is 1.11 bits per heavy atom. The van der Waals surface area contributed by atoms with Gasteiger partial charge in [-0.25, -0.2) is 9.67 Å². The summed E-state index contributed by atoms with van der Waals surface area (Å²) in [6, 6.07) is 9.50. The van der Waals surface area contributed by atoms with Crippen LogP contribution in [0.4, 0.5) is 0 Å². The van der Waals surface area contributed by atoms with Crippen molar-refractivity contribution in [2.75, 3.05) is 0 Å². The summed E-state index contributed by atoms with van der Waals surface area (Å²) in [7, 11) is 1.64. The van der Waals surface area contributed by atoms with Gasteiger partial charge in [-0.05, 0) is 25.0 Å². The minimum atomic E-state index is -0.262. The topological polar surface area (TPSA) is 81.8 Å². The zero-order valence-electron chi connectivity index (χ0n) is 15.4. The van der Waals surface area contributed by atoms with Crippen molar-refractivity contribution >= 4 is 16.9 Å². The van der Waals surface area contributed by atoms with E-state index in [-0.39, 0.29) is 23.2 Å². The van der Waals surface area contributed by atoms with Crippen LogP contribution in [0.1, 0.15) is 49.0 Å². The molecule has 3 aromatic rings. The van der Waals surface area contributed by atoms with Crippen LogP contribution in [-0.2, 0) is 7.05 Å². The van der Waals surface area contributed by atoms with Gasteiger partial charge in [-0.1, -0.05) is 43.9 Å². The number of fused-ring (bicyclic) bond motifs is 1. The van der Waals surface area contributed by atoms with Gasteiger partial charge in [0.05, 0.1) is 12.0 Å². The van der Waals surface area contributed by atoms with Gasteiger partial charge in [-0.3, -0.25) is 9.59 Å². The number of carbonyl (C=O) groups is 1. The van der Waals surface area contributed by atoms with Crippen LogP contribution < -0.4 is 10.9 Å². The number of aryl methyl sites for hydroxylation is 1. The Labute approximate surface area is 157 Å². The molecule has 1 amide bonds. The summed E-state index contributed by atoms with van der Waals surface area (Å²) in [5.41, 5.74) is 1.35. The number of carbonyl (C=O) groups excluding carboxylic acids is 1. The molecule has 140 valence electrons. The van der Waals surface area contributed by atoms with Crippen molar-refractivity contribution in [3.8, 4) is 5.69 Å². The number of benzene rings is 1. The van der Waals surface area contributed by atoms with Crippen LogP contribution in [0.5, 0.6) is 0 Å². The van der Waals surface area contributed by atoms with Crippen molar-refractivity contribution in [3.05, 3.63) is 52.7 Å². The first-order valence-corrected chi connectivity index (χ1v) is 9.46. The van der Waals surface area contributed by atoms with E-state index < -0.39 is 0 Å². The van der Waals surface area contributed by atoms with E-state index in [1.54, 1.807) is 7.05 Å². The minimum Gasteiger partial charge on any atom is -0.348 e. The van der Waals surface area contributed by atoms with Gasteiger partial charge in [0.25, 0.3) is 11.5 Å². The highest BCUT2D eigenvalue weighted by atomic mass is 16.2. The molecule has 0 aliphatic heterocycles. The Hall–Kier alpha value is -2.96. The van der Waals surface area contributed by atoms with Crippen molar-refractivity contribution in [2.24, 2.45) is 7.05 Å². The maximum absolute atomic E-state index is 12.9. The molecular weight excluding hydrogens is 342 g/mol. The van der Waals surface area contributed by atoms with Crippen LogP contribution >= 0.6 is 0 Å². The molecule has 2 heterocycles. The summed E-state index contributed by atoms with van der Waals surface area (Å²) in [6.45, 7) is 0. The fraction of sp³-hybridized carbons (Fsp3) is 0.400. The maximum atomic E-state index is 12.9. The van der Waals surface area contributed by atoms with Gasteiger partial charge < -0.3 is 9.88 Å². The van der Waals surface area contributed by atoms with Crippen molar-refractivity contribution in [1.82, 2.24) is 24.6 Å². The second-order valence-corrected chi connectivity index (χ2v) is 7.12. The first-order chi connectivity index (χ1) is 13.1. The van der Waals surface area contributed by atoms with E-state index >= 15 is 0 Å². The Morgan fingerprint density at radius 2 is 1.81 bits per heavy atom. The molecule has 0 radical (unpaired) electrons. The van der Waals surface area contributed by atoms with Gasteiger partial charge in [0, 0.05) is 13.1 Å². The summed E-state index contributed by atoms with van der Waals surface area (Å²) < 4.78 is 2.92. The average molecular weight is 365 g/mol. The first kappa shape index (κ1) is 17.5. The Bertz CT molecular complexity index is 1010. The normalized spacial score (nSPS) is 15.6. The maximum Gasteiger partial charge on any atom is 0.279 e. The molecule has 27 heavy (non-hydrogen) atoms. The van der Waals surface area contributed by atoms with E-state index in [0.29, 0.717) is 11.0 Å². The Kier molecular flexibility index (Phi) is 4.75. The van der Waals surface area contributed by atoms with Crippen LogP contribution in [-0.4, -0.2) is 31.3 Å². The summed E-state index contributed by atoms with van der Waals surface area (Å²) >= 11 is 0.